The second-order valence-electron chi connectivity index (χ2n) is 4.71. The highest BCUT2D eigenvalue weighted by atomic mass is 32.2. The van der Waals surface area contributed by atoms with Crippen molar-refractivity contribution in [3.05, 3.63) is 0 Å². The molecule has 1 aliphatic heterocycles. The number of aliphatic hydroxyl groups excluding tert-OH is 1. The van der Waals surface area contributed by atoms with Crippen molar-refractivity contribution in [3.63, 3.8) is 0 Å². The van der Waals surface area contributed by atoms with Gasteiger partial charge in [-0.15, -0.1) is 0 Å². The summed E-state index contributed by atoms with van der Waals surface area (Å²) in [5, 5.41) is 9.15. The Labute approximate surface area is 97.0 Å². The molecule has 5 nitrogen and oxygen atoms in total. The van der Waals surface area contributed by atoms with Crippen LogP contribution in [0.3, 0.4) is 0 Å². The molecule has 1 saturated carbocycles. The molecule has 0 aromatic rings. The van der Waals surface area contributed by atoms with Gasteiger partial charge in [0, 0.05) is 25.7 Å². The Hall–Kier alpha value is -0.170. The van der Waals surface area contributed by atoms with E-state index in [4.69, 9.17) is 5.11 Å². The van der Waals surface area contributed by atoms with Gasteiger partial charge in [0.05, 0.1) is 0 Å². The summed E-state index contributed by atoms with van der Waals surface area (Å²) < 4.78 is 28.2. The van der Waals surface area contributed by atoms with E-state index < -0.39 is 10.2 Å². The summed E-state index contributed by atoms with van der Waals surface area (Å²) in [6, 6.07) is -0.0735. The van der Waals surface area contributed by atoms with Crippen LogP contribution >= 0.6 is 0 Å². The summed E-state index contributed by atoms with van der Waals surface area (Å²) in [5.41, 5.74) is 0. The molecular weight excluding hydrogens is 228 g/mol. The first-order chi connectivity index (χ1) is 7.63. The molecule has 2 aliphatic rings. The third kappa shape index (κ3) is 2.56. The number of hydrogen-bond donors (Lipinski definition) is 2. The number of hydrogen-bond acceptors (Lipinski definition) is 3. The zero-order chi connectivity index (χ0) is 11.6. The molecule has 2 unspecified atom stereocenters. The lowest BCUT2D eigenvalue weighted by molar-refractivity contribution is 0.212. The second-order valence-corrected chi connectivity index (χ2v) is 6.41. The third-order valence-electron chi connectivity index (χ3n) is 3.60. The van der Waals surface area contributed by atoms with E-state index in [0.29, 0.717) is 13.1 Å². The van der Waals surface area contributed by atoms with E-state index in [0.717, 1.165) is 32.1 Å². The Morgan fingerprint density at radius 3 is 2.50 bits per heavy atom. The van der Waals surface area contributed by atoms with Crippen molar-refractivity contribution in [1.82, 2.24) is 9.03 Å². The van der Waals surface area contributed by atoms with Gasteiger partial charge in [0.2, 0.25) is 0 Å². The van der Waals surface area contributed by atoms with Crippen molar-refractivity contribution < 1.29 is 13.5 Å². The minimum Gasteiger partial charge on any atom is -0.396 e. The zero-order valence-corrected chi connectivity index (χ0v) is 10.2. The summed E-state index contributed by atoms with van der Waals surface area (Å²) in [4.78, 5) is 0. The smallest absolute Gasteiger partial charge is 0.279 e. The Bertz CT molecular complexity index is 325. The van der Waals surface area contributed by atoms with Crippen LogP contribution in [0.15, 0.2) is 0 Å². The van der Waals surface area contributed by atoms with E-state index in [9.17, 15) is 8.42 Å². The SMILES string of the molecule is O=S(=O)(NC1CCCC1CO)N1CCCC1. The second kappa shape index (κ2) is 5.00. The lowest BCUT2D eigenvalue weighted by Crippen LogP contribution is -2.46. The van der Waals surface area contributed by atoms with Crippen molar-refractivity contribution >= 4 is 10.2 Å². The highest BCUT2D eigenvalue weighted by Gasteiger charge is 2.33. The van der Waals surface area contributed by atoms with Crippen molar-refractivity contribution in [2.45, 2.75) is 38.1 Å². The Morgan fingerprint density at radius 2 is 1.88 bits per heavy atom. The first-order valence-electron chi connectivity index (χ1n) is 6.02. The summed E-state index contributed by atoms with van der Waals surface area (Å²) in [5.74, 6) is 0.0948. The maximum absolute atomic E-state index is 12.0. The number of aliphatic hydroxyl groups is 1. The van der Waals surface area contributed by atoms with Crippen LogP contribution in [-0.2, 0) is 10.2 Å². The highest BCUT2D eigenvalue weighted by molar-refractivity contribution is 7.87. The molecule has 0 aromatic heterocycles. The summed E-state index contributed by atoms with van der Waals surface area (Å²) in [7, 11) is -3.31. The van der Waals surface area contributed by atoms with Crippen molar-refractivity contribution in [2.75, 3.05) is 19.7 Å². The zero-order valence-electron chi connectivity index (χ0n) is 9.43. The van der Waals surface area contributed by atoms with Gasteiger partial charge in [-0.2, -0.15) is 17.4 Å². The van der Waals surface area contributed by atoms with E-state index in [1.807, 2.05) is 0 Å². The molecule has 0 amide bonds. The number of nitrogens with zero attached hydrogens (tertiary/aromatic N) is 1. The van der Waals surface area contributed by atoms with E-state index in [2.05, 4.69) is 4.72 Å². The fourth-order valence-electron chi connectivity index (χ4n) is 2.60. The van der Waals surface area contributed by atoms with Crippen LogP contribution in [-0.4, -0.2) is 43.6 Å². The normalized spacial score (nSPS) is 32.3. The molecule has 1 saturated heterocycles. The fraction of sp³-hybridized carbons (Fsp3) is 1.00. The van der Waals surface area contributed by atoms with Gasteiger partial charge < -0.3 is 5.11 Å². The van der Waals surface area contributed by atoms with Crippen LogP contribution in [0.4, 0.5) is 0 Å². The first-order valence-corrected chi connectivity index (χ1v) is 7.46. The van der Waals surface area contributed by atoms with Gasteiger partial charge in [-0.3, -0.25) is 0 Å². The monoisotopic (exact) mass is 248 g/mol. The number of rotatable bonds is 4. The van der Waals surface area contributed by atoms with Crippen LogP contribution in [0.25, 0.3) is 0 Å². The third-order valence-corrected chi connectivity index (χ3v) is 5.24. The Morgan fingerprint density at radius 1 is 1.19 bits per heavy atom. The van der Waals surface area contributed by atoms with Crippen LogP contribution in [0.5, 0.6) is 0 Å². The fourth-order valence-corrected chi connectivity index (χ4v) is 4.19. The van der Waals surface area contributed by atoms with Crippen LogP contribution in [0.2, 0.25) is 0 Å². The average Bonchev–Trinajstić information content (AvgIpc) is 2.86. The summed E-state index contributed by atoms with van der Waals surface area (Å²) in [6.07, 6.45) is 4.67. The predicted molar refractivity (Wildman–Crippen MR) is 61.1 cm³/mol. The van der Waals surface area contributed by atoms with Gasteiger partial charge in [-0.1, -0.05) is 6.42 Å². The van der Waals surface area contributed by atoms with Gasteiger partial charge in [0.15, 0.2) is 0 Å². The molecule has 6 heteroatoms. The van der Waals surface area contributed by atoms with Crippen molar-refractivity contribution in [3.8, 4) is 0 Å². The minimum atomic E-state index is -3.31. The summed E-state index contributed by atoms with van der Waals surface area (Å²) in [6.45, 7) is 1.34. The molecule has 2 fully saturated rings. The van der Waals surface area contributed by atoms with Crippen LogP contribution in [0.1, 0.15) is 32.1 Å². The molecule has 16 heavy (non-hydrogen) atoms. The van der Waals surface area contributed by atoms with Crippen molar-refractivity contribution in [1.29, 1.82) is 0 Å². The molecule has 0 radical (unpaired) electrons. The molecule has 0 bridgehead atoms. The molecule has 2 N–H and O–H groups in total. The lowest BCUT2D eigenvalue weighted by Gasteiger charge is -2.23. The van der Waals surface area contributed by atoms with E-state index >= 15 is 0 Å². The topological polar surface area (TPSA) is 69.6 Å². The minimum absolute atomic E-state index is 0.0735. The lowest BCUT2D eigenvalue weighted by atomic mass is 10.1. The molecule has 1 aliphatic carbocycles. The molecule has 0 spiro atoms. The van der Waals surface area contributed by atoms with E-state index in [-0.39, 0.29) is 18.6 Å². The van der Waals surface area contributed by atoms with E-state index in [1.165, 1.54) is 4.31 Å². The Balaban J connectivity index is 1.97. The molecule has 2 atom stereocenters. The largest absolute Gasteiger partial charge is 0.396 e. The average molecular weight is 248 g/mol. The highest BCUT2D eigenvalue weighted by Crippen LogP contribution is 2.26. The van der Waals surface area contributed by atoms with Gasteiger partial charge in [0.1, 0.15) is 0 Å². The standard InChI is InChI=1S/C10H20N2O3S/c13-8-9-4-3-5-10(9)11-16(14,15)12-6-1-2-7-12/h9-11,13H,1-8H2. The van der Waals surface area contributed by atoms with Gasteiger partial charge >= 0.3 is 0 Å². The molecule has 0 aromatic carbocycles. The van der Waals surface area contributed by atoms with E-state index in [1.54, 1.807) is 0 Å². The summed E-state index contributed by atoms with van der Waals surface area (Å²) >= 11 is 0. The molecule has 2 rings (SSSR count). The van der Waals surface area contributed by atoms with Crippen molar-refractivity contribution in [2.24, 2.45) is 5.92 Å². The van der Waals surface area contributed by atoms with Gasteiger partial charge in [0.25, 0.3) is 10.2 Å². The van der Waals surface area contributed by atoms with Gasteiger partial charge in [-0.05, 0) is 31.6 Å². The molecular formula is C10H20N2O3S. The number of nitrogens with one attached hydrogen (secondary N) is 1. The maximum Gasteiger partial charge on any atom is 0.279 e. The first kappa shape index (κ1) is 12.3. The van der Waals surface area contributed by atoms with Crippen LogP contribution in [0, 0.1) is 5.92 Å². The maximum atomic E-state index is 12.0. The molecule has 1 heterocycles. The Kier molecular flexibility index (Phi) is 3.84. The quantitative estimate of drug-likeness (QED) is 0.740. The molecule has 94 valence electrons. The predicted octanol–water partition coefficient (Wildman–Crippen LogP) is 0.0776. The van der Waals surface area contributed by atoms with Gasteiger partial charge in [-0.25, -0.2) is 0 Å². The van der Waals surface area contributed by atoms with Crippen LogP contribution < -0.4 is 4.72 Å².